The lowest BCUT2D eigenvalue weighted by Gasteiger charge is -2.20. The van der Waals surface area contributed by atoms with Crippen LogP contribution in [-0.4, -0.2) is 11.1 Å². The van der Waals surface area contributed by atoms with Crippen molar-refractivity contribution in [1.82, 2.24) is 0 Å². The average Bonchev–Trinajstić information content (AvgIpc) is 2.54. The lowest BCUT2D eigenvalue weighted by atomic mass is 9.85. The van der Waals surface area contributed by atoms with Crippen LogP contribution in [0, 0.1) is 24.7 Å². The van der Waals surface area contributed by atoms with Gasteiger partial charge in [0.15, 0.2) is 0 Å². The van der Waals surface area contributed by atoms with Crippen LogP contribution in [0.25, 0.3) is 0 Å². The van der Waals surface area contributed by atoms with E-state index >= 15 is 0 Å². The Morgan fingerprint density at radius 1 is 0.778 bits per heavy atom. The van der Waals surface area contributed by atoms with Crippen molar-refractivity contribution in [2.24, 2.45) is 10.8 Å². The Morgan fingerprint density at radius 2 is 1.22 bits per heavy atom. The fourth-order valence-electron chi connectivity index (χ4n) is 3.73. The monoisotopic (exact) mass is 374 g/mol. The van der Waals surface area contributed by atoms with Crippen LogP contribution in [0.2, 0.25) is 0 Å². The van der Waals surface area contributed by atoms with E-state index in [0.717, 1.165) is 32.1 Å². The maximum Gasteiger partial charge on any atom is 0.309 e. The smallest absolute Gasteiger partial charge is 0.309 e. The number of carboxylic acids is 1. The third kappa shape index (κ3) is 8.49. The minimum absolute atomic E-state index is 0.425. The largest absolute Gasteiger partial charge is 0.481 e. The summed E-state index contributed by atoms with van der Waals surface area (Å²) >= 11 is 0. The molecular weight excluding hydrogens is 332 g/mol. The number of aryl methyl sites for hydroxylation is 2. The number of carboxylic acid groups (broad SMARTS) is 1. The van der Waals surface area contributed by atoms with Gasteiger partial charge < -0.3 is 5.11 Å². The van der Waals surface area contributed by atoms with Gasteiger partial charge in [0.2, 0.25) is 0 Å². The molecule has 0 saturated heterocycles. The highest BCUT2D eigenvalue weighted by atomic mass is 16.4. The van der Waals surface area contributed by atoms with Crippen molar-refractivity contribution in [2.45, 2.75) is 106 Å². The zero-order chi connectivity index (χ0) is 20.7. The second-order valence-electron chi connectivity index (χ2n) is 10.2. The predicted molar refractivity (Wildman–Crippen MR) is 117 cm³/mol. The lowest BCUT2D eigenvalue weighted by Crippen LogP contribution is -2.23. The zero-order valence-corrected chi connectivity index (χ0v) is 18.9. The van der Waals surface area contributed by atoms with E-state index < -0.39 is 11.4 Å². The van der Waals surface area contributed by atoms with Crippen molar-refractivity contribution in [1.29, 1.82) is 0 Å². The highest BCUT2D eigenvalue weighted by Crippen LogP contribution is 2.27. The molecule has 0 radical (unpaired) electrons. The molecule has 0 heterocycles. The first-order valence-electron chi connectivity index (χ1n) is 10.8. The molecule has 0 aliphatic heterocycles. The molecule has 0 fully saturated rings. The topological polar surface area (TPSA) is 37.3 Å². The molecule has 1 N–H and O–H groups in total. The van der Waals surface area contributed by atoms with Crippen LogP contribution in [0.15, 0.2) is 12.1 Å². The summed E-state index contributed by atoms with van der Waals surface area (Å²) in [7, 11) is 0. The number of unbranched alkanes of at least 4 members (excludes halogenated alkanes) is 3. The summed E-state index contributed by atoms with van der Waals surface area (Å²) in [6.07, 6.45) is 10.2. The summed E-state index contributed by atoms with van der Waals surface area (Å²) in [6, 6.07) is 4.53. The third-order valence-corrected chi connectivity index (χ3v) is 5.81. The Balaban J connectivity index is 2.59. The standard InChI is InChI=1S/C25H42O2/c1-19-15-16-20(2)22(14-10-12-17-24(3,4)5)21(19)13-9-8-11-18-25(6,7)23(26)27/h15-16H,8-14,17-18H2,1-7H3,(H,26,27). The van der Waals surface area contributed by atoms with Gasteiger partial charge in [-0.05, 0) is 93.9 Å². The fraction of sp³-hybridized carbons (Fsp3) is 0.720. The maximum atomic E-state index is 11.2. The average molecular weight is 375 g/mol. The van der Waals surface area contributed by atoms with Crippen LogP contribution < -0.4 is 0 Å². The summed E-state index contributed by atoms with van der Waals surface area (Å²) in [4.78, 5) is 11.2. The van der Waals surface area contributed by atoms with Crippen molar-refractivity contribution in [3.05, 3.63) is 34.4 Å². The van der Waals surface area contributed by atoms with Crippen LogP contribution in [0.1, 0.15) is 102 Å². The summed E-state index contributed by atoms with van der Waals surface area (Å²) in [6.45, 7) is 15.1. The van der Waals surface area contributed by atoms with Gasteiger partial charge in [-0.3, -0.25) is 4.79 Å². The molecule has 0 aromatic heterocycles. The SMILES string of the molecule is Cc1ccc(C)c(CCCCC(C)(C)C)c1CCCCCC(C)(C)C(=O)O. The summed E-state index contributed by atoms with van der Waals surface area (Å²) in [5, 5.41) is 9.23. The van der Waals surface area contributed by atoms with Crippen molar-refractivity contribution in [2.75, 3.05) is 0 Å². The van der Waals surface area contributed by atoms with Crippen molar-refractivity contribution in [3.63, 3.8) is 0 Å². The molecule has 0 spiro atoms. The molecule has 154 valence electrons. The van der Waals surface area contributed by atoms with E-state index in [9.17, 15) is 9.90 Å². The Labute approximate surface area is 167 Å². The Morgan fingerprint density at radius 3 is 1.67 bits per heavy atom. The number of aliphatic carboxylic acids is 1. The van der Waals surface area contributed by atoms with E-state index in [4.69, 9.17) is 0 Å². The normalized spacial score (nSPS) is 12.4. The van der Waals surface area contributed by atoms with Crippen LogP contribution in [0.3, 0.4) is 0 Å². The molecule has 0 aliphatic rings. The van der Waals surface area contributed by atoms with E-state index in [2.05, 4.69) is 46.8 Å². The van der Waals surface area contributed by atoms with Gasteiger partial charge in [-0.2, -0.15) is 0 Å². The van der Waals surface area contributed by atoms with Gasteiger partial charge in [-0.1, -0.05) is 52.2 Å². The summed E-state index contributed by atoms with van der Waals surface area (Å²) in [5.74, 6) is -0.686. The van der Waals surface area contributed by atoms with E-state index in [1.54, 1.807) is 11.1 Å². The van der Waals surface area contributed by atoms with Gasteiger partial charge in [0.05, 0.1) is 5.41 Å². The maximum absolute atomic E-state index is 11.2. The van der Waals surface area contributed by atoms with E-state index in [1.807, 2.05) is 13.8 Å². The van der Waals surface area contributed by atoms with Crippen LogP contribution in [-0.2, 0) is 17.6 Å². The quantitative estimate of drug-likeness (QED) is 0.413. The number of hydrogen-bond donors (Lipinski definition) is 1. The molecule has 1 aromatic carbocycles. The van der Waals surface area contributed by atoms with Gasteiger partial charge in [-0.15, -0.1) is 0 Å². The number of rotatable bonds is 11. The lowest BCUT2D eigenvalue weighted by molar-refractivity contribution is -0.147. The Kier molecular flexibility index (Phi) is 9.05. The second-order valence-corrected chi connectivity index (χ2v) is 10.2. The molecule has 1 aromatic rings. The molecule has 27 heavy (non-hydrogen) atoms. The van der Waals surface area contributed by atoms with Crippen LogP contribution in [0.5, 0.6) is 0 Å². The van der Waals surface area contributed by atoms with Crippen LogP contribution in [0.4, 0.5) is 0 Å². The van der Waals surface area contributed by atoms with Crippen LogP contribution >= 0.6 is 0 Å². The fourth-order valence-corrected chi connectivity index (χ4v) is 3.73. The molecule has 0 atom stereocenters. The highest BCUT2D eigenvalue weighted by Gasteiger charge is 2.26. The number of benzene rings is 1. The summed E-state index contributed by atoms with van der Waals surface area (Å²) < 4.78 is 0. The highest BCUT2D eigenvalue weighted by molar-refractivity contribution is 5.73. The predicted octanol–water partition coefficient (Wildman–Crippen LogP) is 7.28. The zero-order valence-electron chi connectivity index (χ0n) is 18.9. The minimum Gasteiger partial charge on any atom is -0.481 e. The minimum atomic E-state index is -0.686. The molecule has 2 nitrogen and oxygen atoms in total. The molecule has 0 saturated carbocycles. The Bertz CT molecular complexity index is 605. The first-order chi connectivity index (χ1) is 12.4. The summed E-state index contributed by atoms with van der Waals surface area (Å²) in [5.41, 5.74) is 5.78. The third-order valence-electron chi connectivity index (χ3n) is 5.81. The molecular formula is C25H42O2. The second kappa shape index (κ2) is 10.3. The van der Waals surface area contributed by atoms with Gasteiger partial charge in [0, 0.05) is 0 Å². The van der Waals surface area contributed by atoms with Gasteiger partial charge in [-0.25, -0.2) is 0 Å². The van der Waals surface area contributed by atoms with Crippen molar-refractivity contribution < 1.29 is 9.90 Å². The number of hydrogen-bond acceptors (Lipinski definition) is 1. The first-order valence-corrected chi connectivity index (χ1v) is 10.8. The van der Waals surface area contributed by atoms with E-state index in [0.29, 0.717) is 5.41 Å². The molecule has 2 heteroatoms. The first kappa shape index (κ1) is 23.7. The van der Waals surface area contributed by atoms with E-state index in [-0.39, 0.29) is 0 Å². The molecule has 0 bridgehead atoms. The molecule has 0 unspecified atom stereocenters. The van der Waals surface area contributed by atoms with Gasteiger partial charge >= 0.3 is 5.97 Å². The van der Waals surface area contributed by atoms with Gasteiger partial charge in [0.25, 0.3) is 0 Å². The molecule has 0 aliphatic carbocycles. The molecule has 0 amide bonds. The Hall–Kier alpha value is -1.31. The van der Waals surface area contributed by atoms with Crippen molar-refractivity contribution in [3.8, 4) is 0 Å². The van der Waals surface area contributed by atoms with Gasteiger partial charge in [0.1, 0.15) is 0 Å². The van der Waals surface area contributed by atoms with Crippen molar-refractivity contribution >= 4 is 5.97 Å². The molecule has 1 rings (SSSR count). The number of carbonyl (C=O) groups is 1. The van der Waals surface area contributed by atoms with E-state index in [1.165, 1.54) is 36.8 Å².